The Kier molecular flexibility index (Phi) is 3.34. The van der Waals surface area contributed by atoms with E-state index >= 15 is 0 Å². The highest BCUT2D eigenvalue weighted by atomic mass is 16.2. The van der Waals surface area contributed by atoms with E-state index in [0.29, 0.717) is 12.0 Å². The fourth-order valence-electron chi connectivity index (χ4n) is 2.98. The largest absolute Gasteiger partial charge is 0.324 e. The first-order chi connectivity index (χ1) is 9.56. The Morgan fingerprint density at radius 2 is 2.10 bits per heavy atom. The maximum atomic E-state index is 12.2. The number of fused-ring (bicyclic) bond motifs is 1. The predicted octanol–water partition coefficient (Wildman–Crippen LogP) is 2.03. The lowest BCUT2D eigenvalue weighted by Gasteiger charge is -2.29. The van der Waals surface area contributed by atoms with Crippen LogP contribution in [-0.4, -0.2) is 23.8 Å². The zero-order valence-electron chi connectivity index (χ0n) is 11.8. The summed E-state index contributed by atoms with van der Waals surface area (Å²) in [4.78, 5) is 25.0. The Bertz CT molecular complexity index is 564. The normalized spacial score (nSPS) is 20.6. The number of likely N-dealkylation sites (N-methyl/N-ethyl adjacent to an activating group) is 1. The highest BCUT2D eigenvalue weighted by molar-refractivity contribution is 6.09. The summed E-state index contributed by atoms with van der Waals surface area (Å²) in [6.45, 7) is 0. The van der Waals surface area contributed by atoms with Gasteiger partial charge >= 0.3 is 0 Å². The lowest BCUT2D eigenvalue weighted by Crippen LogP contribution is -2.39. The van der Waals surface area contributed by atoms with Crippen molar-refractivity contribution in [1.82, 2.24) is 4.90 Å². The number of amides is 2. The number of hydrogen-bond donors (Lipinski definition) is 1. The highest BCUT2D eigenvalue weighted by Gasteiger charge is 2.29. The van der Waals surface area contributed by atoms with Crippen LogP contribution in [-0.2, 0) is 11.2 Å². The number of carbonyl (C=O) groups is 2. The molecular weight excluding hydrogens is 252 g/mol. The molecule has 1 aliphatic carbocycles. The average Bonchev–Trinajstić information content (AvgIpc) is 2.40. The molecule has 1 heterocycles. The van der Waals surface area contributed by atoms with E-state index in [1.165, 1.54) is 31.2 Å². The maximum absolute atomic E-state index is 12.2. The van der Waals surface area contributed by atoms with Crippen molar-refractivity contribution in [1.29, 1.82) is 0 Å². The van der Waals surface area contributed by atoms with E-state index in [1.807, 2.05) is 18.2 Å². The molecule has 1 aromatic rings. The molecule has 0 aromatic heterocycles. The van der Waals surface area contributed by atoms with Crippen LogP contribution in [0.25, 0.3) is 0 Å². The van der Waals surface area contributed by atoms with Gasteiger partial charge in [-0.05, 0) is 29.5 Å². The Morgan fingerprint density at radius 1 is 1.35 bits per heavy atom. The Hall–Kier alpha value is -1.68. The lowest BCUT2D eigenvalue weighted by atomic mass is 9.79. The van der Waals surface area contributed by atoms with Gasteiger partial charge in [0.2, 0.25) is 5.91 Å². The van der Waals surface area contributed by atoms with Crippen molar-refractivity contribution >= 4 is 11.8 Å². The zero-order valence-corrected chi connectivity index (χ0v) is 11.8. The Labute approximate surface area is 118 Å². The summed E-state index contributed by atoms with van der Waals surface area (Å²) in [5.41, 5.74) is 8.71. The van der Waals surface area contributed by atoms with Gasteiger partial charge < -0.3 is 5.73 Å². The van der Waals surface area contributed by atoms with E-state index < -0.39 is 0 Å². The van der Waals surface area contributed by atoms with Gasteiger partial charge in [-0.25, -0.2) is 0 Å². The van der Waals surface area contributed by atoms with Crippen LogP contribution in [0.5, 0.6) is 0 Å². The topological polar surface area (TPSA) is 63.4 Å². The molecule has 1 saturated carbocycles. The second-order valence-corrected chi connectivity index (χ2v) is 5.99. The van der Waals surface area contributed by atoms with E-state index in [-0.39, 0.29) is 17.9 Å². The van der Waals surface area contributed by atoms with Gasteiger partial charge in [-0.2, -0.15) is 0 Å². The Morgan fingerprint density at radius 3 is 2.75 bits per heavy atom. The molecule has 1 fully saturated rings. The van der Waals surface area contributed by atoms with Gasteiger partial charge in [-0.3, -0.25) is 14.5 Å². The second-order valence-electron chi connectivity index (χ2n) is 5.99. The molecule has 0 spiro atoms. The van der Waals surface area contributed by atoms with Crippen LogP contribution >= 0.6 is 0 Å². The van der Waals surface area contributed by atoms with Gasteiger partial charge in [0.05, 0.1) is 6.42 Å². The van der Waals surface area contributed by atoms with E-state index in [0.717, 1.165) is 23.5 Å². The van der Waals surface area contributed by atoms with Crippen molar-refractivity contribution in [3.63, 3.8) is 0 Å². The first-order valence-electron chi connectivity index (χ1n) is 7.25. The van der Waals surface area contributed by atoms with Gasteiger partial charge in [0, 0.05) is 18.7 Å². The molecule has 1 aliphatic heterocycles. The fraction of sp³-hybridized carbons (Fsp3) is 0.500. The number of imide groups is 1. The number of carbonyl (C=O) groups excluding carboxylic acids is 2. The summed E-state index contributed by atoms with van der Waals surface area (Å²) in [6.07, 6.45) is 5.15. The smallest absolute Gasteiger partial charge is 0.260 e. The minimum absolute atomic E-state index is 0.0127. The van der Waals surface area contributed by atoms with Crippen LogP contribution in [0.15, 0.2) is 18.2 Å². The minimum Gasteiger partial charge on any atom is -0.324 e. The van der Waals surface area contributed by atoms with E-state index in [4.69, 9.17) is 5.73 Å². The molecular formula is C16H20N2O2. The van der Waals surface area contributed by atoms with E-state index in [9.17, 15) is 9.59 Å². The van der Waals surface area contributed by atoms with Gasteiger partial charge in [-0.1, -0.05) is 31.4 Å². The van der Waals surface area contributed by atoms with Crippen LogP contribution in [0.4, 0.5) is 0 Å². The molecule has 4 heteroatoms. The monoisotopic (exact) mass is 272 g/mol. The lowest BCUT2D eigenvalue weighted by molar-refractivity contribution is -0.127. The van der Waals surface area contributed by atoms with Crippen LogP contribution in [0.1, 0.15) is 53.2 Å². The van der Waals surface area contributed by atoms with Gasteiger partial charge in [0.1, 0.15) is 0 Å². The third-order valence-corrected chi connectivity index (χ3v) is 4.62. The highest BCUT2D eigenvalue weighted by Crippen LogP contribution is 2.34. The van der Waals surface area contributed by atoms with Crippen molar-refractivity contribution in [2.24, 2.45) is 11.7 Å². The third-order valence-electron chi connectivity index (χ3n) is 4.62. The van der Waals surface area contributed by atoms with Gasteiger partial charge in [-0.15, -0.1) is 0 Å². The Balaban J connectivity index is 1.84. The molecule has 0 radical (unpaired) electrons. The van der Waals surface area contributed by atoms with Crippen molar-refractivity contribution in [2.45, 2.75) is 38.1 Å². The summed E-state index contributed by atoms with van der Waals surface area (Å²) in [5.74, 6) is 0.379. The van der Waals surface area contributed by atoms with Crippen molar-refractivity contribution in [2.75, 3.05) is 7.05 Å². The fourth-order valence-corrected chi connectivity index (χ4v) is 2.98. The molecule has 20 heavy (non-hydrogen) atoms. The molecule has 3 rings (SSSR count). The van der Waals surface area contributed by atoms with Crippen molar-refractivity contribution < 1.29 is 9.59 Å². The molecule has 2 amide bonds. The molecule has 2 N–H and O–H groups in total. The van der Waals surface area contributed by atoms with E-state index in [2.05, 4.69) is 0 Å². The predicted molar refractivity (Wildman–Crippen MR) is 76.1 cm³/mol. The SMILES string of the molecule is CN1C(=O)Cc2ccc(C(N)CC3CCC3)cc2C1=O. The summed E-state index contributed by atoms with van der Waals surface area (Å²) in [6, 6.07) is 5.72. The maximum Gasteiger partial charge on any atom is 0.260 e. The van der Waals surface area contributed by atoms with Crippen LogP contribution < -0.4 is 5.73 Å². The number of nitrogens with two attached hydrogens (primary N) is 1. The molecule has 4 nitrogen and oxygen atoms in total. The quantitative estimate of drug-likeness (QED) is 0.856. The second kappa shape index (κ2) is 5.02. The van der Waals surface area contributed by atoms with Crippen LogP contribution in [0.2, 0.25) is 0 Å². The molecule has 1 unspecified atom stereocenters. The molecule has 2 aliphatic rings. The summed E-state index contributed by atoms with van der Waals surface area (Å²) >= 11 is 0. The summed E-state index contributed by atoms with van der Waals surface area (Å²) in [7, 11) is 1.54. The zero-order chi connectivity index (χ0) is 14.3. The first kappa shape index (κ1) is 13.3. The van der Waals surface area contributed by atoms with Crippen molar-refractivity contribution in [3.05, 3.63) is 34.9 Å². The number of hydrogen-bond acceptors (Lipinski definition) is 3. The third kappa shape index (κ3) is 2.24. The van der Waals surface area contributed by atoms with Gasteiger partial charge in [0.15, 0.2) is 0 Å². The molecule has 0 saturated heterocycles. The molecule has 1 aromatic carbocycles. The summed E-state index contributed by atoms with van der Waals surface area (Å²) in [5, 5.41) is 0. The minimum atomic E-state index is -0.214. The van der Waals surface area contributed by atoms with Crippen LogP contribution in [0.3, 0.4) is 0 Å². The van der Waals surface area contributed by atoms with E-state index in [1.54, 1.807) is 0 Å². The number of benzene rings is 1. The molecule has 0 bridgehead atoms. The number of rotatable bonds is 3. The summed E-state index contributed by atoms with van der Waals surface area (Å²) < 4.78 is 0. The average molecular weight is 272 g/mol. The number of nitrogens with zero attached hydrogens (tertiary/aromatic N) is 1. The molecule has 1 atom stereocenters. The standard InChI is InChI=1S/C16H20N2O2/c1-18-15(19)9-11-5-6-12(8-13(11)16(18)20)14(17)7-10-3-2-4-10/h5-6,8,10,14H,2-4,7,9,17H2,1H3. The van der Waals surface area contributed by atoms with Crippen LogP contribution in [0, 0.1) is 5.92 Å². The molecule has 106 valence electrons. The van der Waals surface area contributed by atoms with Gasteiger partial charge in [0.25, 0.3) is 5.91 Å². The van der Waals surface area contributed by atoms with Crippen molar-refractivity contribution in [3.8, 4) is 0 Å². The first-order valence-corrected chi connectivity index (χ1v) is 7.25.